The average molecular weight is 302 g/mol. The van der Waals surface area contributed by atoms with Gasteiger partial charge in [0.05, 0.1) is 0 Å². The van der Waals surface area contributed by atoms with Gasteiger partial charge < -0.3 is 14.7 Å². The van der Waals surface area contributed by atoms with Crippen molar-refractivity contribution in [1.29, 1.82) is 0 Å². The first-order valence-electron chi connectivity index (χ1n) is 7.41. The van der Waals surface area contributed by atoms with Crippen LogP contribution < -0.4 is 5.32 Å². The van der Waals surface area contributed by atoms with Crippen molar-refractivity contribution in [2.45, 2.75) is 32.7 Å². The molecule has 0 saturated carbocycles. The summed E-state index contributed by atoms with van der Waals surface area (Å²) in [5.74, 6) is 1.49. The highest BCUT2D eigenvalue weighted by Gasteiger charge is 2.11. The maximum absolute atomic E-state index is 12.0. The summed E-state index contributed by atoms with van der Waals surface area (Å²) in [6.07, 6.45) is 0.532. The normalized spacial score (nSPS) is 10.7. The van der Waals surface area contributed by atoms with Crippen LogP contribution in [0.25, 0.3) is 0 Å². The lowest BCUT2D eigenvalue weighted by atomic mass is 10.2. The van der Waals surface area contributed by atoms with Gasteiger partial charge in [0.15, 0.2) is 5.82 Å². The van der Waals surface area contributed by atoms with Crippen LogP contribution >= 0.6 is 0 Å². The lowest BCUT2D eigenvalue weighted by molar-refractivity contribution is 0.206. The summed E-state index contributed by atoms with van der Waals surface area (Å²) in [7, 11) is 1.77. The molecule has 2 rings (SSSR count). The van der Waals surface area contributed by atoms with E-state index in [4.69, 9.17) is 4.52 Å². The van der Waals surface area contributed by atoms with E-state index in [0.717, 1.165) is 5.56 Å². The summed E-state index contributed by atoms with van der Waals surface area (Å²) in [6.45, 7) is 5.06. The van der Waals surface area contributed by atoms with Gasteiger partial charge in [-0.1, -0.05) is 49.3 Å². The number of urea groups is 1. The molecule has 6 heteroatoms. The molecule has 0 saturated heterocycles. The third kappa shape index (κ3) is 4.58. The second-order valence-corrected chi connectivity index (χ2v) is 5.52. The highest BCUT2D eigenvalue weighted by Crippen LogP contribution is 2.09. The molecule has 0 bridgehead atoms. The maximum Gasteiger partial charge on any atom is 0.317 e. The van der Waals surface area contributed by atoms with E-state index in [1.807, 2.05) is 44.2 Å². The Kier molecular flexibility index (Phi) is 5.52. The minimum atomic E-state index is -0.118. The van der Waals surface area contributed by atoms with Crippen molar-refractivity contribution in [3.8, 4) is 0 Å². The van der Waals surface area contributed by atoms with Crippen LogP contribution in [0.1, 0.15) is 37.0 Å². The van der Waals surface area contributed by atoms with Gasteiger partial charge in [0, 0.05) is 32.5 Å². The number of carbonyl (C=O) groups excluding carboxylic acids is 1. The third-order valence-electron chi connectivity index (χ3n) is 3.22. The number of aromatic nitrogens is 2. The zero-order chi connectivity index (χ0) is 15.9. The number of amides is 2. The molecule has 0 unspecified atom stereocenters. The van der Waals surface area contributed by atoms with Crippen LogP contribution in [0.15, 0.2) is 34.9 Å². The minimum absolute atomic E-state index is 0.118. The highest BCUT2D eigenvalue weighted by molar-refractivity contribution is 5.73. The minimum Gasteiger partial charge on any atom is -0.339 e. The molecule has 0 atom stereocenters. The molecule has 1 aromatic heterocycles. The average Bonchev–Trinajstić information content (AvgIpc) is 2.97. The Labute approximate surface area is 130 Å². The number of carbonyl (C=O) groups is 1. The first-order valence-corrected chi connectivity index (χ1v) is 7.41. The predicted octanol–water partition coefficient (Wildman–Crippen LogP) is 2.58. The van der Waals surface area contributed by atoms with E-state index >= 15 is 0 Å². The van der Waals surface area contributed by atoms with Crippen LogP contribution in [0.5, 0.6) is 0 Å². The molecule has 0 spiro atoms. The molecular formula is C16H22N4O2. The number of rotatable bonds is 6. The van der Waals surface area contributed by atoms with Gasteiger partial charge >= 0.3 is 6.03 Å². The smallest absolute Gasteiger partial charge is 0.317 e. The van der Waals surface area contributed by atoms with E-state index in [0.29, 0.717) is 31.2 Å². The van der Waals surface area contributed by atoms with Gasteiger partial charge in [0.2, 0.25) is 5.89 Å². The van der Waals surface area contributed by atoms with Gasteiger partial charge in [0.25, 0.3) is 0 Å². The van der Waals surface area contributed by atoms with Gasteiger partial charge in [-0.2, -0.15) is 4.98 Å². The fourth-order valence-corrected chi connectivity index (χ4v) is 1.94. The van der Waals surface area contributed by atoms with Crippen LogP contribution in [0.3, 0.4) is 0 Å². The second-order valence-electron chi connectivity index (χ2n) is 5.52. The van der Waals surface area contributed by atoms with Crippen LogP contribution in [-0.2, 0) is 13.0 Å². The van der Waals surface area contributed by atoms with E-state index in [-0.39, 0.29) is 11.9 Å². The van der Waals surface area contributed by atoms with E-state index in [1.54, 1.807) is 11.9 Å². The van der Waals surface area contributed by atoms with Crippen LogP contribution in [-0.4, -0.2) is 34.7 Å². The molecule has 0 radical (unpaired) electrons. The van der Waals surface area contributed by atoms with Crippen molar-refractivity contribution in [3.05, 3.63) is 47.6 Å². The molecule has 0 fully saturated rings. The number of hydrogen-bond donors (Lipinski definition) is 1. The number of nitrogens with zero attached hydrogens (tertiary/aromatic N) is 3. The van der Waals surface area contributed by atoms with Crippen molar-refractivity contribution in [1.82, 2.24) is 20.4 Å². The van der Waals surface area contributed by atoms with Gasteiger partial charge in [-0.15, -0.1) is 0 Å². The third-order valence-corrected chi connectivity index (χ3v) is 3.22. The molecular weight excluding hydrogens is 280 g/mol. The second kappa shape index (κ2) is 7.59. The van der Waals surface area contributed by atoms with Gasteiger partial charge in [0.1, 0.15) is 0 Å². The summed E-state index contributed by atoms with van der Waals surface area (Å²) in [4.78, 5) is 17.9. The SMILES string of the molecule is CC(C)c1noc(CCNC(=O)N(C)Cc2ccccc2)n1. The Hall–Kier alpha value is -2.37. The first kappa shape index (κ1) is 16.0. The van der Waals surface area contributed by atoms with Crippen molar-refractivity contribution < 1.29 is 9.32 Å². The topological polar surface area (TPSA) is 71.3 Å². The zero-order valence-corrected chi connectivity index (χ0v) is 13.2. The summed E-state index contributed by atoms with van der Waals surface area (Å²) in [6, 6.07) is 9.75. The molecule has 2 aromatic rings. The molecule has 1 heterocycles. The lowest BCUT2D eigenvalue weighted by Crippen LogP contribution is -2.37. The van der Waals surface area contributed by atoms with Gasteiger partial charge in [-0.25, -0.2) is 4.79 Å². The Morgan fingerprint density at radius 1 is 1.32 bits per heavy atom. The van der Waals surface area contributed by atoms with Crippen molar-refractivity contribution in [2.24, 2.45) is 0 Å². The Bertz CT molecular complexity index is 595. The van der Waals surface area contributed by atoms with E-state index < -0.39 is 0 Å². The Balaban J connectivity index is 1.74. The summed E-state index contributed by atoms with van der Waals surface area (Å²) >= 11 is 0. The first-order chi connectivity index (χ1) is 10.6. The van der Waals surface area contributed by atoms with Crippen molar-refractivity contribution >= 4 is 6.03 Å². The Morgan fingerprint density at radius 3 is 2.68 bits per heavy atom. The van der Waals surface area contributed by atoms with Crippen LogP contribution in [0, 0.1) is 0 Å². The van der Waals surface area contributed by atoms with Gasteiger partial charge in [-0.3, -0.25) is 0 Å². The molecule has 22 heavy (non-hydrogen) atoms. The number of nitrogens with one attached hydrogen (secondary N) is 1. The molecule has 2 amide bonds. The summed E-state index contributed by atoms with van der Waals surface area (Å²) in [5, 5.41) is 6.74. The monoisotopic (exact) mass is 302 g/mol. The molecule has 6 nitrogen and oxygen atoms in total. The highest BCUT2D eigenvalue weighted by atomic mass is 16.5. The summed E-state index contributed by atoms with van der Waals surface area (Å²) in [5.41, 5.74) is 1.10. The molecule has 1 N–H and O–H groups in total. The molecule has 0 aliphatic rings. The zero-order valence-electron chi connectivity index (χ0n) is 13.2. The molecule has 0 aliphatic carbocycles. The molecule has 0 aliphatic heterocycles. The van der Waals surface area contributed by atoms with Crippen LogP contribution in [0.4, 0.5) is 4.79 Å². The fourth-order valence-electron chi connectivity index (χ4n) is 1.94. The largest absolute Gasteiger partial charge is 0.339 e. The lowest BCUT2D eigenvalue weighted by Gasteiger charge is -2.17. The molecule has 1 aromatic carbocycles. The predicted molar refractivity (Wildman–Crippen MR) is 83.4 cm³/mol. The number of benzene rings is 1. The van der Waals surface area contributed by atoms with Gasteiger partial charge in [-0.05, 0) is 5.56 Å². The van der Waals surface area contributed by atoms with E-state index in [9.17, 15) is 4.79 Å². The van der Waals surface area contributed by atoms with Crippen LogP contribution in [0.2, 0.25) is 0 Å². The van der Waals surface area contributed by atoms with Crippen molar-refractivity contribution in [2.75, 3.05) is 13.6 Å². The van der Waals surface area contributed by atoms with E-state index in [2.05, 4.69) is 15.5 Å². The maximum atomic E-state index is 12.0. The molecule has 118 valence electrons. The Morgan fingerprint density at radius 2 is 2.05 bits per heavy atom. The van der Waals surface area contributed by atoms with E-state index in [1.165, 1.54) is 0 Å². The fraction of sp³-hybridized carbons (Fsp3) is 0.438. The number of hydrogen-bond acceptors (Lipinski definition) is 4. The quantitative estimate of drug-likeness (QED) is 0.890. The van der Waals surface area contributed by atoms with Crippen molar-refractivity contribution in [3.63, 3.8) is 0 Å². The summed E-state index contributed by atoms with van der Waals surface area (Å²) < 4.78 is 5.14. The standard InChI is InChI=1S/C16H22N4O2/c1-12(2)15-18-14(22-19-15)9-10-17-16(21)20(3)11-13-7-5-4-6-8-13/h4-8,12H,9-11H2,1-3H3,(H,17,21).